The quantitative estimate of drug-likeness (QED) is 0.293. The number of carbonyl (C=O) groups excluding carboxylic acids is 3. The van der Waals surface area contributed by atoms with Crippen LogP contribution in [0.1, 0.15) is 71.8 Å². The lowest BCUT2D eigenvalue weighted by Crippen LogP contribution is -2.56. The molecule has 14 heteroatoms. The zero-order valence-corrected chi connectivity index (χ0v) is 29.6. The third kappa shape index (κ3) is 7.54. The Morgan fingerprint density at radius 1 is 1.08 bits per heavy atom. The predicted octanol–water partition coefficient (Wildman–Crippen LogP) is 5.20. The van der Waals surface area contributed by atoms with Crippen molar-refractivity contribution >= 4 is 35.2 Å². The number of thiophene rings is 1. The minimum absolute atomic E-state index is 0.0768. The van der Waals surface area contributed by atoms with Crippen molar-refractivity contribution in [2.45, 2.75) is 95.0 Å². The molecule has 50 heavy (non-hydrogen) atoms. The monoisotopic (exact) mass is 704 g/mol. The molecule has 1 aliphatic carbocycles. The second kappa shape index (κ2) is 14.3. The van der Waals surface area contributed by atoms with Gasteiger partial charge in [0.1, 0.15) is 40.4 Å². The number of carboxylic acids is 1. The van der Waals surface area contributed by atoms with Crippen molar-refractivity contribution in [3.63, 3.8) is 0 Å². The zero-order valence-electron chi connectivity index (χ0n) is 28.8. The highest BCUT2D eigenvalue weighted by Crippen LogP contribution is 2.46. The molecule has 3 amide bonds. The van der Waals surface area contributed by atoms with Gasteiger partial charge in [-0.05, 0) is 82.2 Å². The van der Waals surface area contributed by atoms with Gasteiger partial charge in [0, 0.05) is 24.4 Å². The van der Waals surface area contributed by atoms with Crippen LogP contribution in [0.15, 0.2) is 53.9 Å². The summed E-state index contributed by atoms with van der Waals surface area (Å²) in [6.45, 7) is 5.31. The van der Waals surface area contributed by atoms with Crippen LogP contribution in [0, 0.1) is 5.92 Å². The van der Waals surface area contributed by atoms with Crippen LogP contribution in [-0.2, 0) is 19.1 Å². The number of hydrogen-bond donors (Lipinski definition) is 3. The number of alkyl carbamates (subject to hydrolysis) is 1. The standard InChI is InChI=1S/C36H44N6O7S/c1-35(2,3)49-34(47)37-26-12-9-7-5-6-8-11-23-20-36(23,33(45)46)38-31(43)27-19-24(21-41(27)32(26)44)42-39-29(22-14-16-25(48-4)17-15-22)30(40-42)28-13-10-18-50-28/h8,10-11,13-18,23-24,26-27H,5-7,9,12,19-21H2,1-4H3,(H,37,47)(H,38,43)(H,45,46)/b11-8-/t23-,24+,26+,27+,36-/m1/s1. The summed E-state index contributed by atoms with van der Waals surface area (Å²) in [5.41, 5.74) is -0.100. The number of fused-ring (bicyclic) bond motifs is 2. The summed E-state index contributed by atoms with van der Waals surface area (Å²) in [5.74, 6) is -1.76. The van der Waals surface area contributed by atoms with Crippen molar-refractivity contribution in [2.75, 3.05) is 13.7 Å². The van der Waals surface area contributed by atoms with Gasteiger partial charge in [0.15, 0.2) is 0 Å². The molecule has 0 bridgehead atoms. The average molecular weight is 705 g/mol. The smallest absolute Gasteiger partial charge is 0.408 e. The van der Waals surface area contributed by atoms with E-state index in [9.17, 15) is 24.3 Å². The van der Waals surface area contributed by atoms with Gasteiger partial charge in [-0.2, -0.15) is 15.0 Å². The van der Waals surface area contributed by atoms with E-state index in [1.165, 1.54) is 16.2 Å². The molecule has 1 aromatic carbocycles. The number of benzene rings is 1. The van der Waals surface area contributed by atoms with Crippen molar-refractivity contribution in [2.24, 2.45) is 5.92 Å². The number of allylic oxidation sites excluding steroid dienone is 1. The van der Waals surface area contributed by atoms with E-state index in [-0.39, 0.29) is 25.3 Å². The Morgan fingerprint density at radius 2 is 1.84 bits per heavy atom. The van der Waals surface area contributed by atoms with Gasteiger partial charge in [0.2, 0.25) is 11.8 Å². The number of methoxy groups -OCH3 is 1. The minimum atomic E-state index is -1.44. The minimum Gasteiger partial charge on any atom is -0.497 e. The Kier molecular flexibility index (Phi) is 10.0. The second-order valence-electron chi connectivity index (χ2n) is 14.2. The number of nitrogens with zero attached hydrogens (tertiary/aromatic N) is 4. The van der Waals surface area contributed by atoms with Crippen molar-refractivity contribution < 1.29 is 33.8 Å². The molecule has 3 aliphatic rings. The molecule has 5 atom stereocenters. The van der Waals surface area contributed by atoms with Crippen LogP contribution < -0.4 is 15.4 Å². The van der Waals surface area contributed by atoms with E-state index in [1.54, 1.807) is 32.7 Å². The van der Waals surface area contributed by atoms with Crippen LogP contribution in [0.5, 0.6) is 5.75 Å². The maximum atomic E-state index is 14.4. The Labute approximate surface area is 295 Å². The van der Waals surface area contributed by atoms with Gasteiger partial charge in [0.05, 0.1) is 18.0 Å². The lowest BCUT2D eigenvalue weighted by atomic mass is 10.0. The van der Waals surface area contributed by atoms with Crippen molar-refractivity contribution in [3.8, 4) is 27.6 Å². The number of hydrogen-bond acceptors (Lipinski definition) is 9. The average Bonchev–Trinajstić information content (AvgIpc) is 3.52. The number of amides is 3. The van der Waals surface area contributed by atoms with Gasteiger partial charge in [-0.3, -0.25) is 9.59 Å². The highest BCUT2D eigenvalue weighted by molar-refractivity contribution is 7.13. The van der Waals surface area contributed by atoms with Crippen LogP contribution in [0.3, 0.4) is 0 Å². The number of aromatic nitrogens is 3. The largest absolute Gasteiger partial charge is 0.497 e. The van der Waals surface area contributed by atoms with E-state index in [4.69, 9.17) is 19.7 Å². The molecule has 13 nitrogen and oxygen atoms in total. The molecule has 4 heterocycles. The van der Waals surface area contributed by atoms with E-state index < -0.39 is 53.1 Å². The number of ether oxygens (including phenoxy) is 2. The van der Waals surface area contributed by atoms with Gasteiger partial charge < -0.3 is 30.1 Å². The van der Waals surface area contributed by atoms with Crippen molar-refractivity contribution in [1.82, 2.24) is 30.5 Å². The topological polar surface area (TPSA) is 165 Å². The Bertz CT molecular complexity index is 1750. The summed E-state index contributed by atoms with van der Waals surface area (Å²) in [4.78, 5) is 57.9. The second-order valence-corrected chi connectivity index (χ2v) is 15.1. The number of rotatable bonds is 6. The van der Waals surface area contributed by atoms with Crippen LogP contribution >= 0.6 is 11.3 Å². The van der Waals surface area contributed by atoms with Gasteiger partial charge >= 0.3 is 12.1 Å². The summed E-state index contributed by atoms with van der Waals surface area (Å²) in [7, 11) is 1.60. The first-order valence-electron chi connectivity index (χ1n) is 17.1. The number of aliphatic carboxylic acids is 1. The SMILES string of the molecule is COc1ccc(-c2nn([C@H]3C[C@H]4C(=O)N[C@]5(C(=O)O)C[C@H]5/C=C\CCCCC[C@H](NC(=O)OC(C)(C)C)C(=O)N4C3)nc2-c2cccs2)cc1. The number of carboxylic acid groups (broad SMARTS) is 1. The van der Waals surface area contributed by atoms with Gasteiger partial charge in [0.25, 0.3) is 0 Å². The van der Waals surface area contributed by atoms with Gasteiger partial charge in [-0.1, -0.05) is 31.1 Å². The zero-order chi connectivity index (χ0) is 35.6. The van der Waals surface area contributed by atoms with Gasteiger partial charge in [-0.15, -0.1) is 11.3 Å². The third-order valence-electron chi connectivity index (χ3n) is 9.40. The first-order valence-corrected chi connectivity index (χ1v) is 17.9. The van der Waals surface area contributed by atoms with Crippen molar-refractivity contribution in [3.05, 3.63) is 53.9 Å². The summed E-state index contributed by atoms with van der Waals surface area (Å²) < 4.78 is 10.8. The highest BCUT2D eigenvalue weighted by Gasteiger charge is 2.61. The predicted molar refractivity (Wildman–Crippen MR) is 186 cm³/mol. The summed E-state index contributed by atoms with van der Waals surface area (Å²) in [5, 5.41) is 27.6. The van der Waals surface area contributed by atoms with Crippen LogP contribution in [0.4, 0.5) is 4.79 Å². The molecular weight excluding hydrogens is 660 g/mol. The fourth-order valence-corrected chi connectivity index (χ4v) is 7.41. The maximum absolute atomic E-state index is 14.4. The van der Waals surface area contributed by atoms with E-state index in [1.807, 2.05) is 53.9 Å². The summed E-state index contributed by atoms with van der Waals surface area (Å²) in [6.07, 6.45) is 6.94. The van der Waals surface area contributed by atoms with Crippen LogP contribution in [0.2, 0.25) is 0 Å². The molecule has 0 spiro atoms. The van der Waals surface area contributed by atoms with E-state index in [2.05, 4.69) is 10.6 Å². The van der Waals surface area contributed by atoms with Crippen LogP contribution in [-0.4, -0.2) is 85.8 Å². The van der Waals surface area contributed by atoms with Crippen LogP contribution in [0.25, 0.3) is 21.8 Å². The Hall–Kier alpha value is -4.72. The first-order chi connectivity index (χ1) is 23.9. The summed E-state index contributed by atoms with van der Waals surface area (Å²) in [6, 6.07) is 8.89. The molecule has 6 rings (SSSR count). The van der Waals surface area contributed by atoms with Crippen molar-refractivity contribution in [1.29, 1.82) is 0 Å². The fourth-order valence-electron chi connectivity index (χ4n) is 6.70. The molecular formula is C36H44N6O7S. The van der Waals surface area contributed by atoms with E-state index in [0.29, 0.717) is 30.0 Å². The van der Waals surface area contributed by atoms with E-state index >= 15 is 0 Å². The Morgan fingerprint density at radius 3 is 2.52 bits per heavy atom. The highest BCUT2D eigenvalue weighted by atomic mass is 32.1. The molecule has 3 N–H and O–H groups in total. The molecule has 2 aromatic heterocycles. The molecule has 266 valence electrons. The Balaban J connectivity index is 1.35. The molecule has 2 aliphatic heterocycles. The molecule has 1 saturated carbocycles. The number of carbonyl (C=O) groups is 4. The molecule has 2 fully saturated rings. The maximum Gasteiger partial charge on any atom is 0.408 e. The first kappa shape index (κ1) is 35.1. The molecule has 1 saturated heterocycles. The third-order valence-corrected chi connectivity index (χ3v) is 10.3. The van der Waals surface area contributed by atoms with E-state index in [0.717, 1.165) is 29.7 Å². The van der Waals surface area contributed by atoms with Gasteiger partial charge in [-0.25, -0.2) is 9.59 Å². The molecule has 3 aromatic rings. The fraction of sp³-hybridized carbons (Fsp3) is 0.500. The molecule has 0 unspecified atom stereocenters. The lowest BCUT2D eigenvalue weighted by molar-refractivity contribution is -0.145. The normalized spacial score (nSPS) is 26.4. The summed E-state index contributed by atoms with van der Waals surface area (Å²) >= 11 is 1.52. The molecule has 0 radical (unpaired) electrons. The number of nitrogens with one attached hydrogen (secondary N) is 2. The lowest BCUT2D eigenvalue weighted by Gasteiger charge is -2.30.